The Balaban J connectivity index is 1.83. The monoisotopic (exact) mass is 247 g/mol. The van der Waals surface area contributed by atoms with Gasteiger partial charge < -0.3 is 15.6 Å². The van der Waals surface area contributed by atoms with E-state index in [1.54, 1.807) is 18.3 Å². The quantitative estimate of drug-likeness (QED) is 0.784. The van der Waals surface area contributed by atoms with Gasteiger partial charge in [0.1, 0.15) is 18.9 Å². The Bertz CT molecular complexity index is 534. The summed E-state index contributed by atoms with van der Waals surface area (Å²) in [6.45, 7) is 0.186. The van der Waals surface area contributed by atoms with Crippen LogP contribution in [0, 0.1) is 0 Å². The van der Waals surface area contributed by atoms with E-state index in [0.717, 1.165) is 5.56 Å². The van der Waals surface area contributed by atoms with Crippen LogP contribution in [-0.2, 0) is 22.7 Å². The molecule has 1 heterocycles. The number of esters is 1. The Morgan fingerprint density at radius 1 is 1.39 bits per heavy atom. The second kappa shape index (κ2) is 5.22. The number of phenols is 1. The highest BCUT2D eigenvalue weighted by atomic mass is 16.5. The Morgan fingerprint density at radius 3 is 2.72 bits per heavy atom. The average molecular weight is 247 g/mol. The first kappa shape index (κ1) is 12.0. The summed E-state index contributed by atoms with van der Waals surface area (Å²) in [6.07, 6.45) is 3.02. The first-order chi connectivity index (χ1) is 8.63. The van der Waals surface area contributed by atoms with E-state index < -0.39 is 5.97 Å². The van der Waals surface area contributed by atoms with Crippen molar-refractivity contribution in [3.8, 4) is 5.75 Å². The first-order valence-electron chi connectivity index (χ1n) is 5.35. The van der Waals surface area contributed by atoms with E-state index in [9.17, 15) is 4.79 Å². The number of anilines is 1. The van der Waals surface area contributed by atoms with E-state index >= 15 is 0 Å². The third-order valence-electron chi connectivity index (χ3n) is 2.28. The van der Waals surface area contributed by atoms with Crippen molar-refractivity contribution in [2.24, 2.45) is 0 Å². The topological polar surface area (TPSA) is 90.4 Å². The van der Waals surface area contributed by atoms with Crippen LogP contribution in [0.5, 0.6) is 5.75 Å². The zero-order chi connectivity index (χ0) is 13.0. The van der Waals surface area contributed by atoms with Crippen molar-refractivity contribution in [2.45, 2.75) is 13.2 Å². The fourth-order valence-corrected chi connectivity index (χ4v) is 1.40. The van der Waals surface area contributed by atoms with E-state index in [1.165, 1.54) is 23.0 Å². The van der Waals surface area contributed by atoms with Gasteiger partial charge >= 0.3 is 5.97 Å². The van der Waals surface area contributed by atoms with Crippen molar-refractivity contribution >= 4 is 11.7 Å². The molecule has 6 nitrogen and oxygen atoms in total. The van der Waals surface area contributed by atoms with Crippen LogP contribution in [-0.4, -0.2) is 20.9 Å². The van der Waals surface area contributed by atoms with Gasteiger partial charge in [-0.2, -0.15) is 5.10 Å². The van der Waals surface area contributed by atoms with Gasteiger partial charge in [-0.3, -0.25) is 9.48 Å². The molecule has 94 valence electrons. The lowest BCUT2D eigenvalue weighted by atomic mass is 10.2. The van der Waals surface area contributed by atoms with E-state index in [2.05, 4.69) is 5.10 Å². The predicted molar refractivity (Wildman–Crippen MR) is 64.5 cm³/mol. The summed E-state index contributed by atoms with van der Waals surface area (Å²) in [4.78, 5) is 11.5. The van der Waals surface area contributed by atoms with E-state index in [0.29, 0.717) is 5.69 Å². The molecule has 0 aliphatic rings. The highest BCUT2D eigenvalue weighted by Gasteiger charge is 2.05. The second-order valence-corrected chi connectivity index (χ2v) is 3.80. The van der Waals surface area contributed by atoms with Crippen LogP contribution in [0.4, 0.5) is 5.69 Å². The minimum atomic E-state index is -0.397. The Morgan fingerprint density at radius 2 is 2.11 bits per heavy atom. The molecule has 1 aromatic carbocycles. The highest BCUT2D eigenvalue weighted by molar-refractivity contribution is 5.69. The number of ether oxygens (including phenoxy) is 1. The summed E-state index contributed by atoms with van der Waals surface area (Å²) in [7, 11) is 0. The number of aromatic nitrogens is 2. The highest BCUT2D eigenvalue weighted by Crippen LogP contribution is 2.10. The van der Waals surface area contributed by atoms with Gasteiger partial charge in [-0.25, -0.2) is 0 Å². The molecule has 6 heteroatoms. The Hall–Kier alpha value is -2.50. The number of hydrogen-bond donors (Lipinski definition) is 2. The molecule has 1 aromatic heterocycles. The van der Waals surface area contributed by atoms with Crippen LogP contribution in [0.15, 0.2) is 36.7 Å². The molecule has 0 saturated heterocycles. The maximum atomic E-state index is 11.5. The van der Waals surface area contributed by atoms with Gasteiger partial charge in [0.05, 0.1) is 11.9 Å². The molecule has 0 bridgehead atoms. The Kier molecular flexibility index (Phi) is 3.47. The first-order valence-corrected chi connectivity index (χ1v) is 5.35. The molecule has 3 N–H and O–H groups in total. The number of nitrogens with two attached hydrogens (primary N) is 1. The molecule has 0 aliphatic heterocycles. The van der Waals surface area contributed by atoms with Crippen LogP contribution in [0.2, 0.25) is 0 Å². The maximum Gasteiger partial charge on any atom is 0.328 e. The fraction of sp³-hybridized carbons (Fsp3) is 0.167. The van der Waals surface area contributed by atoms with Gasteiger partial charge in [0.2, 0.25) is 0 Å². The summed E-state index contributed by atoms with van der Waals surface area (Å²) >= 11 is 0. The molecule has 0 amide bonds. The standard InChI is InChI=1S/C12H13N3O3/c13-10-5-14-15(6-10)7-12(17)18-8-9-1-3-11(16)4-2-9/h1-6,16H,7-8,13H2. The molecule has 0 atom stereocenters. The van der Waals surface area contributed by atoms with Crippen LogP contribution in [0.3, 0.4) is 0 Å². The van der Waals surface area contributed by atoms with Crippen LogP contribution in [0.1, 0.15) is 5.56 Å². The average Bonchev–Trinajstić information content (AvgIpc) is 2.74. The summed E-state index contributed by atoms with van der Waals surface area (Å²) in [5, 5.41) is 13.0. The van der Waals surface area contributed by atoms with Crippen LogP contribution < -0.4 is 5.73 Å². The van der Waals surface area contributed by atoms with E-state index in [1.807, 2.05) is 0 Å². The second-order valence-electron chi connectivity index (χ2n) is 3.80. The SMILES string of the molecule is Nc1cnn(CC(=O)OCc2ccc(O)cc2)c1. The lowest BCUT2D eigenvalue weighted by molar-refractivity contribution is -0.145. The van der Waals surface area contributed by atoms with Crippen molar-refractivity contribution in [2.75, 3.05) is 5.73 Å². The third-order valence-corrected chi connectivity index (χ3v) is 2.28. The van der Waals surface area contributed by atoms with Gasteiger partial charge in [0.15, 0.2) is 0 Å². The molecule has 0 radical (unpaired) electrons. The fourth-order valence-electron chi connectivity index (χ4n) is 1.40. The number of phenolic OH excluding ortho intramolecular Hbond substituents is 1. The molecule has 2 rings (SSSR count). The maximum absolute atomic E-state index is 11.5. The molecular weight excluding hydrogens is 234 g/mol. The zero-order valence-corrected chi connectivity index (χ0v) is 9.61. The number of nitrogens with zero attached hydrogens (tertiary/aromatic N) is 2. The van der Waals surface area contributed by atoms with Crippen molar-refractivity contribution in [3.63, 3.8) is 0 Å². The summed E-state index contributed by atoms with van der Waals surface area (Å²) in [5.41, 5.74) is 6.78. The van der Waals surface area contributed by atoms with E-state index in [-0.39, 0.29) is 18.9 Å². The lowest BCUT2D eigenvalue weighted by Crippen LogP contribution is -2.13. The van der Waals surface area contributed by atoms with Gasteiger partial charge in [-0.1, -0.05) is 12.1 Å². The summed E-state index contributed by atoms with van der Waals surface area (Å²) < 4.78 is 6.47. The minimum absolute atomic E-state index is 0.0231. The van der Waals surface area contributed by atoms with E-state index in [4.69, 9.17) is 15.6 Å². The number of rotatable bonds is 4. The number of carbonyl (C=O) groups is 1. The van der Waals surface area contributed by atoms with Crippen molar-refractivity contribution in [1.82, 2.24) is 9.78 Å². The molecule has 18 heavy (non-hydrogen) atoms. The van der Waals surface area contributed by atoms with Crippen molar-refractivity contribution in [1.29, 1.82) is 0 Å². The van der Waals surface area contributed by atoms with Crippen molar-refractivity contribution < 1.29 is 14.6 Å². The zero-order valence-electron chi connectivity index (χ0n) is 9.61. The summed E-state index contributed by atoms with van der Waals surface area (Å²) in [5.74, 6) is -0.219. The molecule has 0 spiro atoms. The molecule has 0 fully saturated rings. The number of nitrogen functional groups attached to an aromatic ring is 1. The normalized spacial score (nSPS) is 10.2. The molecule has 0 aliphatic carbocycles. The van der Waals surface area contributed by atoms with Crippen LogP contribution >= 0.6 is 0 Å². The summed E-state index contributed by atoms with van der Waals surface area (Å²) in [6, 6.07) is 6.46. The van der Waals surface area contributed by atoms with Crippen molar-refractivity contribution in [3.05, 3.63) is 42.2 Å². The number of aromatic hydroxyl groups is 1. The van der Waals surface area contributed by atoms with Gasteiger partial charge in [-0.05, 0) is 17.7 Å². The lowest BCUT2D eigenvalue weighted by Gasteiger charge is -2.05. The number of carbonyl (C=O) groups excluding carboxylic acids is 1. The molecule has 2 aromatic rings. The molecule has 0 unspecified atom stereocenters. The minimum Gasteiger partial charge on any atom is -0.508 e. The molecular formula is C12H13N3O3. The molecule has 0 saturated carbocycles. The van der Waals surface area contributed by atoms with Gasteiger partial charge in [0.25, 0.3) is 0 Å². The smallest absolute Gasteiger partial charge is 0.328 e. The van der Waals surface area contributed by atoms with Gasteiger partial charge in [0, 0.05) is 6.20 Å². The predicted octanol–water partition coefficient (Wildman–Crippen LogP) is 0.914. The third kappa shape index (κ3) is 3.24. The number of hydrogen-bond acceptors (Lipinski definition) is 5. The van der Waals surface area contributed by atoms with Gasteiger partial charge in [-0.15, -0.1) is 0 Å². The van der Waals surface area contributed by atoms with Crippen LogP contribution in [0.25, 0.3) is 0 Å². The Labute approximate surface area is 104 Å². The largest absolute Gasteiger partial charge is 0.508 e. The number of benzene rings is 1.